The first-order valence-corrected chi connectivity index (χ1v) is 10.0. The fraction of sp³-hybridized carbons (Fsp3) is 0.952. The number of rotatable bonds is 1. The van der Waals surface area contributed by atoms with Gasteiger partial charge >= 0.3 is 0 Å². The van der Waals surface area contributed by atoms with Crippen LogP contribution in [0.4, 0.5) is 0 Å². The Morgan fingerprint density at radius 1 is 1.04 bits per heavy atom. The average Bonchev–Trinajstić information content (AvgIpc) is 3.01. The third kappa shape index (κ3) is 1.50. The Labute approximate surface area is 140 Å². The molecule has 0 amide bonds. The Morgan fingerprint density at radius 3 is 2.52 bits per heavy atom. The van der Waals surface area contributed by atoms with Gasteiger partial charge in [-0.2, -0.15) is 0 Å². The number of carbonyl (C=O) groups excluding carboxylic acids is 1. The predicted molar refractivity (Wildman–Crippen MR) is 89.7 cm³/mol. The minimum Gasteiger partial charge on any atom is -0.393 e. The summed E-state index contributed by atoms with van der Waals surface area (Å²) >= 11 is 0. The van der Waals surface area contributed by atoms with Crippen LogP contribution in [0.15, 0.2) is 0 Å². The number of ketones is 1. The summed E-state index contributed by atoms with van der Waals surface area (Å²) in [5.74, 6) is 3.68. The van der Waals surface area contributed by atoms with E-state index in [1.54, 1.807) is 0 Å². The molecule has 9 atom stereocenters. The van der Waals surface area contributed by atoms with Crippen LogP contribution in [0, 0.1) is 45.8 Å². The molecule has 0 radical (unpaired) electrons. The van der Waals surface area contributed by atoms with Crippen molar-refractivity contribution >= 4 is 5.78 Å². The molecule has 2 heteroatoms. The fourth-order valence-electron chi connectivity index (χ4n) is 8.98. The van der Waals surface area contributed by atoms with Crippen molar-refractivity contribution in [2.45, 2.75) is 78.2 Å². The lowest BCUT2D eigenvalue weighted by atomic mass is 9.45. The maximum Gasteiger partial charge on any atom is 0.133 e. The molecule has 0 bridgehead atoms. The Balaban J connectivity index is 1.52. The quantitative estimate of drug-likeness (QED) is 0.787. The van der Waals surface area contributed by atoms with Crippen LogP contribution in [-0.2, 0) is 4.79 Å². The second kappa shape index (κ2) is 4.23. The summed E-state index contributed by atoms with van der Waals surface area (Å²) in [5, 5.41) is 11.1. The number of aliphatic hydroxyl groups is 1. The number of aliphatic hydroxyl groups excluding tert-OH is 1. The lowest BCUT2D eigenvalue weighted by Crippen LogP contribution is -2.56. The third-order valence-electron chi connectivity index (χ3n) is 10.1. The van der Waals surface area contributed by atoms with Crippen molar-refractivity contribution in [2.75, 3.05) is 0 Å². The zero-order valence-corrected chi connectivity index (χ0v) is 15.0. The molecule has 0 aromatic carbocycles. The highest BCUT2D eigenvalue weighted by Crippen LogP contribution is 2.81. The number of hydrogen-bond acceptors (Lipinski definition) is 2. The van der Waals surface area contributed by atoms with Crippen molar-refractivity contribution in [2.24, 2.45) is 45.8 Å². The summed E-state index contributed by atoms with van der Waals surface area (Å²) in [6, 6.07) is 0. The minimum absolute atomic E-state index is 0.0695. The minimum atomic E-state index is -0.0695. The van der Waals surface area contributed by atoms with Gasteiger partial charge in [0.2, 0.25) is 0 Å². The van der Waals surface area contributed by atoms with Crippen molar-refractivity contribution in [1.82, 2.24) is 0 Å². The highest BCUT2D eigenvalue weighted by atomic mass is 16.3. The van der Waals surface area contributed by atoms with Crippen LogP contribution in [0.1, 0.15) is 72.1 Å². The largest absolute Gasteiger partial charge is 0.393 e. The highest BCUT2D eigenvalue weighted by Gasteiger charge is 2.77. The van der Waals surface area contributed by atoms with E-state index in [2.05, 4.69) is 13.8 Å². The van der Waals surface area contributed by atoms with Crippen LogP contribution in [0.5, 0.6) is 0 Å². The van der Waals surface area contributed by atoms with E-state index >= 15 is 0 Å². The molecule has 0 unspecified atom stereocenters. The van der Waals surface area contributed by atoms with Gasteiger partial charge in [-0.3, -0.25) is 4.79 Å². The molecule has 2 nitrogen and oxygen atoms in total. The molecule has 1 N–H and O–H groups in total. The third-order valence-corrected chi connectivity index (χ3v) is 10.1. The van der Waals surface area contributed by atoms with Gasteiger partial charge in [0.15, 0.2) is 0 Å². The van der Waals surface area contributed by atoms with Crippen molar-refractivity contribution in [3.8, 4) is 0 Å². The van der Waals surface area contributed by atoms with Gasteiger partial charge in [-0.15, -0.1) is 0 Å². The van der Waals surface area contributed by atoms with Crippen LogP contribution < -0.4 is 0 Å². The van der Waals surface area contributed by atoms with Crippen LogP contribution in [0.2, 0.25) is 0 Å². The van der Waals surface area contributed by atoms with Crippen molar-refractivity contribution in [1.29, 1.82) is 0 Å². The summed E-state index contributed by atoms with van der Waals surface area (Å²) in [5.41, 5.74) is 0.894. The average molecular weight is 316 g/mol. The van der Waals surface area contributed by atoms with Crippen LogP contribution in [0.25, 0.3) is 0 Å². The zero-order chi connectivity index (χ0) is 16.2. The van der Waals surface area contributed by atoms with Gasteiger partial charge in [-0.25, -0.2) is 0 Å². The Morgan fingerprint density at radius 2 is 1.83 bits per heavy atom. The summed E-state index contributed by atoms with van der Waals surface area (Å²) in [6.07, 6.45) is 9.83. The highest BCUT2D eigenvalue weighted by molar-refractivity contribution is 5.79. The predicted octanol–water partition coefficient (Wildman–Crippen LogP) is 4.21. The Bertz CT molecular complexity index is 570. The molecule has 128 valence electrons. The molecular weight excluding hydrogens is 284 g/mol. The molecule has 5 rings (SSSR count). The molecule has 5 aliphatic rings. The second-order valence-electron chi connectivity index (χ2n) is 10.3. The maximum atomic E-state index is 12.2. The second-order valence-corrected chi connectivity index (χ2v) is 10.3. The van der Waals surface area contributed by atoms with Crippen LogP contribution in [-0.4, -0.2) is 17.0 Å². The summed E-state index contributed by atoms with van der Waals surface area (Å²) < 4.78 is 0. The van der Waals surface area contributed by atoms with Gasteiger partial charge in [-0.05, 0) is 92.8 Å². The first-order valence-electron chi connectivity index (χ1n) is 10.0. The number of fused-ring (bicyclic) bond motifs is 4. The number of carbonyl (C=O) groups is 1. The first kappa shape index (κ1) is 14.9. The molecule has 0 saturated heterocycles. The lowest BCUT2D eigenvalue weighted by Gasteiger charge is -2.60. The molecule has 5 fully saturated rings. The summed E-state index contributed by atoms with van der Waals surface area (Å²) in [6.45, 7) is 6.74. The molecule has 1 spiro atoms. The molecule has 23 heavy (non-hydrogen) atoms. The zero-order valence-electron chi connectivity index (χ0n) is 15.0. The summed E-state index contributed by atoms with van der Waals surface area (Å²) in [4.78, 5) is 12.2. The molecule has 5 saturated carbocycles. The van der Waals surface area contributed by atoms with Gasteiger partial charge in [-0.1, -0.05) is 13.8 Å². The van der Waals surface area contributed by atoms with E-state index in [9.17, 15) is 9.90 Å². The SMILES string of the molecule is CC(=O)[C@@H]1CC[C@@H]2[C@@H]3C[C@H](O)[C@]45C[C@H]4CC[C@]5(C)[C@H]3CC[C@]21C. The van der Waals surface area contributed by atoms with E-state index < -0.39 is 0 Å². The monoisotopic (exact) mass is 316 g/mol. The number of Topliss-reactive ketones (excluding diaryl/α,β-unsaturated/α-hetero) is 1. The van der Waals surface area contributed by atoms with E-state index in [1.807, 2.05) is 6.92 Å². The van der Waals surface area contributed by atoms with E-state index in [0.29, 0.717) is 28.4 Å². The van der Waals surface area contributed by atoms with Gasteiger partial charge in [0.05, 0.1) is 6.10 Å². The van der Waals surface area contributed by atoms with Crippen molar-refractivity contribution in [3.63, 3.8) is 0 Å². The lowest BCUT2D eigenvalue weighted by molar-refractivity contribution is -0.153. The van der Waals surface area contributed by atoms with E-state index in [-0.39, 0.29) is 17.4 Å². The molecule has 0 aliphatic heterocycles. The first-order chi connectivity index (χ1) is 10.8. The Hall–Kier alpha value is -0.370. The van der Waals surface area contributed by atoms with E-state index in [1.165, 1.54) is 38.5 Å². The fourth-order valence-corrected chi connectivity index (χ4v) is 8.98. The Kier molecular flexibility index (Phi) is 2.75. The van der Waals surface area contributed by atoms with Crippen molar-refractivity contribution < 1.29 is 9.90 Å². The summed E-state index contributed by atoms with van der Waals surface area (Å²) in [7, 11) is 0. The standard InChI is InChI=1S/C21H32O2/c1-12(22)15-4-5-16-14-10-18(23)21-11-13(21)6-9-20(21,3)17(14)7-8-19(15,16)2/h13-18,23H,4-11H2,1-3H3/t13-,14+,15+,16-,17+,18+,19+,20-,21+/m1/s1. The topological polar surface area (TPSA) is 37.3 Å². The molecule has 0 aromatic heterocycles. The number of hydrogen-bond donors (Lipinski definition) is 1. The van der Waals surface area contributed by atoms with E-state index in [4.69, 9.17) is 0 Å². The van der Waals surface area contributed by atoms with Gasteiger partial charge < -0.3 is 5.11 Å². The molecule has 0 heterocycles. The van der Waals surface area contributed by atoms with Crippen LogP contribution in [0.3, 0.4) is 0 Å². The maximum absolute atomic E-state index is 12.2. The van der Waals surface area contributed by atoms with Gasteiger partial charge in [0, 0.05) is 11.3 Å². The van der Waals surface area contributed by atoms with Crippen LogP contribution >= 0.6 is 0 Å². The van der Waals surface area contributed by atoms with Gasteiger partial charge in [0.25, 0.3) is 0 Å². The molecular formula is C21H32O2. The molecule has 0 aromatic rings. The van der Waals surface area contributed by atoms with E-state index in [0.717, 1.165) is 24.7 Å². The smallest absolute Gasteiger partial charge is 0.133 e. The molecule has 5 aliphatic carbocycles. The van der Waals surface area contributed by atoms with Crippen molar-refractivity contribution in [3.05, 3.63) is 0 Å². The van der Waals surface area contributed by atoms with Gasteiger partial charge in [0.1, 0.15) is 5.78 Å². The normalized spacial score (nSPS) is 63.0.